The molecule has 4 nitrogen and oxygen atoms in total. The monoisotopic (exact) mass is 325 g/mol. The number of nitrogens with zero attached hydrogens (tertiary/aromatic N) is 2. The van der Waals surface area contributed by atoms with Crippen molar-refractivity contribution < 1.29 is 4.79 Å². The lowest BCUT2D eigenvalue weighted by molar-refractivity contribution is -0.129. The molecule has 1 saturated heterocycles. The summed E-state index contributed by atoms with van der Waals surface area (Å²) in [4.78, 5) is 20.1. The Kier molecular flexibility index (Phi) is 4.31. The van der Waals surface area contributed by atoms with Crippen molar-refractivity contribution >= 4 is 16.8 Å². The number of hydrogen-bond acceptors (Lipinski definition) is 2. The molecule has 1 aromatic carbocycles. The van der Waals surface area contributed by atoms with Crippen LogP contribution >= 0.6 is 0 Å². The Morgan fingerprint density at radius 2 is 2.08 bits per heavy atom. The molecule has 1 aliphatic carbocycles. The highest BCUT2D eigenvalue weighted by molar-refractivity contribution is 5.80. The van der Waals surface area contributed by atoms with Crippen LogP contribution in [0.2, 0.25) is 0 Å². The van der Waals surface area contributed by atoms with E-state index in [-0.39, 0.29) is 0 Å². The summed E-state index contributed by atoms with van der Waals surface area (Å²) in [5.41, 5.74) is 2.52. The van der Waals surface area contributed by atoms with Gasteiger partial charge in [0, 0.05) is 43.8 Å². The van der Waals surface area contributed by atoms with Crippen molar-refractivity contribution in [3.05, 3.63) is 36.0 Å². The molecule has 0 radical (unpaired) electrons. The van der Waals surface area contributed by atoms with Crippen LogP contribution in [0.1, 0.15) is 37.7 Å². The summed E-state index contributed by atoms with van der Waals surface area (Å²) < 4.78 is 0. The molecule has 2 heterocycles. The fraction of sp³-hybridized carbons (Fsp3) is 0.550. The van der Waals surface area contributed by atoms with E-state index in [4.69, 9.17) is 0 Å². The van der Waals surface area contributed by atoms with Gasteiger partial charge >= 0.3 is 0 Å². The van der Waals surface area contributed by atoms with Crippen LogP contribution in [-0.4, -0.2) is 46.9 Å². The normalized spacial score (nSPS) is 22.3. The van der Waals surface area contributed by atoms with Gasteiger partial charge in [0.1, 0.15) is 0 Å². The summed E-state index contributed by atoms with van der Waals surface area (Å²) in [5, 5.41) is 1.27. The zero-order valence-corrected chi connectivity index (χ0v) is 14.5. The van der Waals surface area contributed by atoms with E-state index in [2.05, 4.69) is 46.1 Å². The van der Waals surface area contributed by atoms with Crippen LogP contribution in [0.15, 0.2) is 30.5 Å². The Morgan fingerprint density at radius 3 is 2.92 bits per heavy atom. The third-order valence-electron chi connectivity index (χ3n) is 5.64. The number of aromatic amines is 1. The van der Waals surface area contributed by atoms with Gasteiger partial charge in [-0.3, -0.25) is 4.79 Å². The molecule has 4 rings (SSSR count). The Balaban J connectivity index is 1.34. The predicted octanol–water partition coefficient (Wildman–Crippen LogP) is 3.39. The van der Waals surface area contributed by atoms with Crippen LogP contribution in [0.5, 0.6) is 0 Å². The average molecular weight is 325 g/mol. The molecule has 2 fully saturated rings. The standard InChI is InChI=1S/C20H27N3O/c1-22(12-15-6-7-19-17(10-15)8-9-21-19)13-16-11-20(24)23(14-16)18-4-2-3-5-18/h6-10,16,18,21H,2-5,11-14H2,1H3/t16-/m0/s1. The lowest BCUT2D eigenvalue weighted by Gasteiger charge is -2.25. The van der Waals surface area contributed by atoms with Gasteiger partial charge in [0.15, 0.2) is 0 Å². The van der Waals surface area contributed by atoms with Gasteiger partial charge < -0.3 is 14.8 Å². The van der Waals surface area contributed by atoms with Crippen molar-refractivity contribution in [1.29, 1.82) is 0 Å². The van der Waals surface area contributed by atoms with E-state index in [0.717, 1.165) is 26.1 Å². The molecule has 0 bridgehead atoms. The highest BCUT2D eigenvalue weighted by atomic mass is 16.2. The van der Waals surface area contributed by atoms with E-state index in [1.54, 1.807) is 0 Å². The highest BCUT2D eigenvalue weighted by Crippen LogP contribution is 2.29. The van der Waals surface area contributed by atoms with Crippen molar-refractivity contribution in [3.63, 3.8) is 0 Å². The third kappa shape index (κ3) is 3.20. The molecular weight excluding hydrogens is 298 g/mol. The zero-order valence-electron chi connectivity index (χ0n) is 14.5. The maximum Gasteiger partial charge on any atom is 0.223 e. The van der Waals surface area contributed by atoms with Crippen molar-refractivity contribution in [2.45, 2.75) is 44.7 Å². The van der Waals surface area contributed by atoms with E-state index in [1.807, 2.05) is 6.20 Å². The van der Waals surface area contributed by atoms with E-state index in [0.29, 0.717) is 17.9 Å². The SMILES string of the molecule is CN(Cc1ccc2[nH]ccc2c1)C[C@@H]1CC(=O)N(C2CCCC2)C1. The summed E-state index contributed by atoms with van der Waals surface area (Å²) in [6, 6.07) is 9.25. The molecule has 0 unspecified atom stereocenters. The van der Waals surface area contributed by atoms with Crippen LogP contribution in [0.4, 0.5) is 0 Å². The number of amides is 1. The van der Waals surface area contributed by atoms with Crippen molar-refractivity contribution in [2.75, 3.05) is 20.1 Å². The second kappa shape index (κ2) is 6.60. The number of hydrogen-bond donors (Lipinski definition) is 1. The van der Waals surface area contributed by atoms with Gasteiger partial charge in [-0.2, -0.15) is 0 Å². The number of H-pyrrole nitrogens is 1. The van der Waals surface area contributed by atoms with E-state index < -0.39 is 0 Å². The Morgan fingerprint density at radius 1 is 1.25 bits per heavy atom. The number of carbonyl (C=O) groups excluding carboxylic acids is 1. The molecule has 128 valence electrons. The summed E-state index contributed by atoms with van der Waals surface area (Å²) in [6.07, 6.45) is 7.73. The van der Waals surface area contributed by atoms with Gasteiger partial charge in [0.25, 0.3) is 0 Å². The molecule has 1 atom stereocenters. The number of aromatic nitrogens is 1. The minimum absolute atomic E-state index is 0.383. The summed E-state index contributed by atoms with van der Waals surface area (Å²) >= 11 is 0. The number of nitrogens with one attached hydrogen (secondary N) is 1. The van der Waals surface area contributed by atoms with Gasteiger partial charge in [0.05, 0.1) is 0 Å². The van der Waals surface area contributed by atoms with Crippen LogP contribution < -0.4 is 0 Å². The van der Waals surface area contributed by atoms with E-state index in [1.165, 1.54) is 42.1 Å². The number of rotatable bonds is 5. The van der Waals surface area contributed by atoms with E-state index in [9.17, 15) is 4.79 Å². The number of benzene rings is 1. The Labute approximate surface area is 143 Å². The van der Waals surface area contributed by atoms with Crippen molar-refractivity contribution in [1.82, 2.24) is 14.8 Å². The van der Waals surface area contributed by atoms with E-state index >= 15 is 0 Å². The van der Waals surface area contributed by atoms with Crippen molar-refractivity contribution in [3.8, 4) is 0 Å². The second-order valence-electron chi connectivity index (χ2n) is 7.65. The molecule has 1 aliphatic heterocycles. The molecule has 4 heteroatoms. The van der Waals surface area contributed by atoms with Crippen LogP contribution in [-0.2, 0) is 11.3 Å². The molecule has 1 amide bonds. The van der Waals surface area contributed by atoms with Gasteiger partial charge in [-0.25, -0.2) is 0 Å². The molecule has 1 aromatic heterocycles. The molecule has 1 saturated carbocycles. The van der Waals surface area contributed by atoms with Crippen molar-refractivity contribution in [2.24, 2.45) is 5.92 Å². The Hall–Kier alpha value is -1.81. The summed E-state index contributed by atoms with van der Waals surface area (Å²) in [5.74, 6) is 0.869. The van der Waals surface area contributed by atoms with Gasteiger partial charge in [0.2, 0.25) is 5.91 Å². The first kappa shape index (κ1) is 15.7. The molecule has 2 aromatic rings. The lowest BCUT2D eigenvalue weighted by atomic mass is 10.1. The first-order valence-electron chi connectivity index (χ1n) is 9.23. The molecule has 0 spiro atoms. The molecule has 1 N–H and O–H groups in total. The lowest BCUT2D eigenvalue weighted by Crippen LogP contribution is -2.35. The summed E-state index contributed by atoms with van der Waals surface area (Å²) in [7, 11) is 2.17. The first-order chi connectivity index (χ1) is 11.7. The molecular formula is C20H27N3O. The summed E-state index contributed by atoms with van der Waals surface area (Å²) in [6.45, 7) is 2.90. The topological polar surface area (TPSA) is 39.3 Å². The van der Waals surface area contributed by atoms with Gasteiger partial charge in [-0.15, -0.1) is 0 Å². The molecule has 2 aliphatic rings. The third-order valence-corrected chi connectivity index (χ3v) is 5.64. The smallest absolute Gasteiger partial charge is 0.223 e. The maximum absolute atomic E-state index is 12.3. The first-order valence-corrected chi connectivity index (χ1v) is 9.23. The fourth-order valence-electron chi connectivity index (χ4n) is 4.52. The van der Waals surface area contributed by atoms with Crippen LogP contribution in [0.3, 0.4) is 0 Å². The van der Waals surface area contributed by atoms with Gasteiger partial charge in [-0.05, 0) is 55.0 Å². The van der Waals surface area contributed by atoms with Crippen LogP contribution in [0, 0.1) is 5.92 Å². The fourth-order valence-corrected chi connectivity index (χ4v) is 4.52. The molecule has 24 heavy (non-hydrogen) atoms. The second-order valence-corrected chi connectivity index (χ2v) is 7.65. The largest absolute Gasteiger partial charge is 0.361 e. The highest BCUT2D eigenvalue weighted by Gasteiger charge is 2.35. The van der Waals surface area contributed by atoms with Gasteiger partial charge in [-0.1, -0.05) is 18.9 Å². The minimum Gasteiger partial charge on any atom is -0.361 e. The van der Waals surface area contributed by atoms with Crippen LogP contribution in [0.25, 0.3) is 10.9 Å². The maximum atomic E-state index is 12.3. The predicted molar refractivity (Wildman–Crippen MR) is 96.7 cm³/mol. The number of fused-ring (bicyclic) bond motifs is 1. The quantitative estimate of drug-likeness (QED) is 0.915. The average Bonchev–Trinajstić information content (AvgIpc) is 3.27. The number of carbonyl (C=O) groups is 1. The number of likely N-dealkylation sites (tertiary alicyclic amines) is 1. The Bertz CT molecular complexity index is 716. The zero-order chi connectivity index (χ0) is 16.5. The minimum atomic E-state index is 0.383.